The van der Waals surface area contributed by atoms with E-state index in [1.165, 1.54) is 16.5 Å². The molecule has 0 saturated heterocycles. The first-order valence-electron chi connectivity index (χ1n) is 7.84. The molecule has 0 spiro atoms. The van der Waals surface area contributed by atoms with Crippen LogP contribution in [0.3, 0.4) is 0 Å². The monoisotopic (exact) mass is 297 g/mol. The Labute approximate surface area is 130 Å². The van der Waals surface area contributed by atoms with Crippen molar-refractivity contribution >= 4 is 10.9 Å². The maximum Gasteiger partial charge on any atom is 0.117 e. The fraction of sp³-hybridized carbons (Fsp3) is 0.333. The lowest BCUT2D eigenvalue weighted by Crippen LogP contribution is -2.34. The number of fused-ring (bicyclic) bond motifs is 1. The van der Waals surface area contributed by atoms with Crippen LogP contribution in [0.1, 0.15) is 18.2 Å². The van der Waals surface area contributed by atoms with E-state index >= 15 is 0 Å². The Hall–Kier alpha value is -2.04. The van der Waals surface area contributed by atoms with E-state index in [4.69, 9.17) is 4.42 Å². The largest absolute Gasteiger partial charge is 0.468 e. The van der Waals surface area contributed by atoms with E-state index in [0.717, 1.165) is 31.8 Å². The fourth-order valence-electron chi connectivity index (χ4n) is 2.73. The summed E-state index contributed by atoms with van der Waals surface area (Å²) in [5.41, 5.74) is 2.59. The maximum absolute atomic E-state index is 5.29. The molecule has 3 aromatic rings. The third-order valence-corrected chi connectivity index (χ3v) is 3.87. The summed E-state index contributed by atoms with van der Waals surface area (Å²) in [6, 6.07) is 12.8. The highest BCUT2D eigenvalue weighted by molar-refractivity contribution is 5.83. The molecule has 0 aliphatic heterocycles. The zero-order valence-corrected chi connectivity index (χ0v) is 12.9. The molecule has 1 aromatic carbocycles. The molecule has 0 fully saturated rings. The highest BCUT2D eigenvalue weighted by Gasteiger charge is 2.07. The van der Waals surface area contributed by atoms with Gasteiger partial charge in [0.1, 0.15) is 5.76 Å². The highest BCUT2D eigenvalue weighted by Crippen LogP contribution is 2.18. The number of aromatic amines is 1. The lowest BCUT2D eigenvalue weighted by molar-refractivity contribution is 0.471. The van der Waals surface area contributed by atoms with Gasteiger partial charge in [0.2, 0.25) is 0 Å². The number of hydrogen-bond donors (Lipinski definition) is 3. The van der Waals surface area contributed by atoms with Crippen molar-refractivity contribution in [1.29, 1.82) is 0 Å². The standard InChI is InChI=1S/C18H23N3O/c1-14(20-9-8-19-13-16-5-4-10-22-16)11-15-12-21-18-7-3-2-6-17(15)18/h2-7,10,12,14,19-21H,8-9,11,13H2,1H3. The lowest BCUT2D eigenvalue weighted by Gasteiger charge is -2.13. The van der Waals surface area contributed by atoms with E-state index in [2.05, 4.69) is 53.0 Å². The van der Waals surface area contributed by atoms with Crippen LogP contribution in [0.5, 0.6) is 0 Å². The van der Waals surface area contributed by atoms with Crippen molar-refractivity contribution in [1.82, 2.24) is 15.6 Å². The van der Waals surface area contributed by atoms with Crippen molar-refractivity contribution in [2.24, 2.45) is 0 Å². The Bertz CT molecular complexity index is 687. The minimum Gasteiger partial charge on any atom is -0.468 e. The predicted octanol–water partition coefficient (Wildman–Crippen LogP) is 3.07. The summed E-state index contributed by atoms with van der Waals surface area (Å²) >= 11 is 0. The van der Waals surface area contributed by atoms with Crippen LogP contribution in [0, 0.1) is 0 Å². The molecule has 0 saturated carbocycles. The highest BCUT2D eigenvalue weighted by atomic mass is 16.3. The van der Waals surface area contributed by atoms with Crippen molar-refractivity contribution in [2.45, 2.75) is 25.9 Å². The molecule has 2 heterocycles. The van der Waals surface area contributed by atoms with Gasteiger partial charge in [0.25, 0.3) is 0 Å². The number of para-hydroxylation sites is 1. The molecule has 0 amide bonds. The van der Waals surface area contributed by atoms with Gasteiger partial charge >= 0.3 is 0 Å². The van der Waals surface area contributed by atoms with E-state index in [1.807, 2.05) is 12.1 Å². The normalized spacial score (nSPS) is 12.8. The van der Waals surface area contributed by atoms with Gasteiger partial charge in [-0.25, -0.2) is 0 Å². The molecule has 0 aliphatic rings. The second kappa shape index (κ2) is 7.29. The van der Waals surface area contributed by atoms with Crippen molar-refractivity contribution in [2.75, 3.05) is 13.1 Å². The van der Waals surface area contributed by atoms with E-state index in [0.29, 0.717) is 6.04 Å². The van der Waals surface area contributed by atoms with Crippen LogP contribution in [0.25, 0.3) is 10.9 Å². The van der Waals surface area contributed by atoms with Crippen LogP contribution in [-0.2, 0) is 13.0 Å². The molecule has 4 nitrogen and oxygen atoms in total. The number of furan rings is 1. The predicted molar refractivity (Wildman–Crippen MR) is 89.9 cm³/mol. The first kappa shape index (κ1) is 14.9. The second-order valence-corrected chi connectivity index (χ2v) is 5.67. The van der Waals surface area contributed by atoms with Crippen molar-refractivity contribution in [3.8, 4) is 0 Å². The molecule has 0 bridgehead atoms. The first-order chi connectivity index (χ1) is 10.8. The number of rotatable bonds is 8. The van der Waals surface area contributed by atoms with E-state index in [1.54, 1.807) is 6.26 Å². The lowest BCUT2D eigenvalue weighted by atomic mass is 10.1. The molecule has 1 unspecified atom stereocenters. The minimum atomic E-state index is 0.449. The van der Waals surface area contributed by atoms with Crippen LogP contribution in [0.4, 0.5) is 0 Å². The summed E-state index contributed by atoms with van der Waals surface area (Å²) in [4.78, 5) is 3.33. The van der Waals surface area contributed by atoms with Gasteiger partial charge in [0.05, 0.1) is 12.8 Å². The maximum atomic E-state index is 5.29. The Morgan fingerprint density at radius 2 is 2.05 bits per heavy atom. The van der Waals surface area contributed by atoms with Crippen molar-refractivity contribution in [3.05, 3.63) is 60.2 Å². The van der Waals surface area contributed by atoms with Gasteiger partial charge in [-0.05, 0) is 37.1 Å². The number of benzene rings is 1. The summed E-state index contributed by atoms with van der Waals surface area (Å²) in [6.45, 7) is 4.89. The molecular weight excluding hydrogens is 274 g/mol. The summed E-state index contributed by atoms with van der Waals surface area (Å²) in [5, 5.41) is 8.25. The van der Waals surface area contributed by atoms with Gasteiger partial charge in [-0.3, -0.25) is 0 Å². The van der Waals surface area contributed by atoms with Gasteiger partial charge < -0.3 is 20.0 Å². The minimum absolute atomic E-state index is 0.449. The first-order valence-corrected chi connectivity index (χ1v) is 7.84. The van der Waals surface area contributed by atoms with Crippen LogP contribution in [0.15, 0.2) is 53.3 Å². The average Bonchev–Trinajstić information content (AvgIpc) is 3.17. The molecule has 4 heteroatoms. The molecule has 1 atom stereocenters. The van der Waals surface area contributed by atoms with Gasteiger partial charge in [0, 0.05) is 36.2 Å². The number of H-pyrrole nitrogens is 1. The number of aromatic nitrogens is 1. The van der Waals surface area contributed by atoms with Gasteiger partial charge in [-0.1, -0.05) is 18.2 Å². The summed E-state index contributed by atoms with van der Waals surface area (Å²) < 4.78 is 5.29. The molecule has 116 valence electrons. The molecule has 0 radical (unpaired) electrons. The third kappa shape index (κ3) is 3.78. The van der Waals surface area contributed by atoms with Crippen LogP contribution in [0.2, 0.25) is 0 Å². The Morgan fingerprint density at radius 1 is 1.14 bits per heavy atom. The molecule has 3 rings (SSSR count). The molecule has 2 aromatic heterocycles. The smallest absolute Gasteiger partial charge is 0.117 e. The molecular formula is C18H23N3O. The topological polar surface area (TPSA) is 53.0 Å². The van der Waals surface area contributed by atoms with Gasteiger partial charge in [-0.15, -0.1) is 0 Å². The fourth-order valence-corrected chi connectivity index (χ4v) is 2.73. The Kier molecular flexibility index (Phi) is 4.93. The third-order valence-electron chi connectivity index (χ3n) is 3.87. The van der Waals surface area contributed by atoms with E-state index in [-0.39, 0.29) is 0 Å². The molecule has 0 aliphatic carbocycles. The zero-order chi connectivity index (χ0) is 15.2. The van der Waals surface area contributed by atoms with Gasteiger partial charge in [0.15, 0.2) is 0 Å². The quantitative estimate of drug-likeness (QED) is 0.560. The number of nitrogens with one attached hydrogen (secondary N) is 3. The van der Waals surface area contributed by atoms with E-state index in [9.17, 15) is 0 Å². The van der Waals surface area contributed by atoms with Crippen molar-refractivity contribution in [3.63, 3.8) is 0 Å². The number of hydrogen-bond acceptors (Lipinski definition) is 3. The van der Waals surface area contributed by atoms with Crippen molar-refractivity contribution < 1.29 is 4.42 Å². The summed E-state index contributed by atoms with van der Waals surface area (Å²) in [5.74, 6) is 0.979. The Balaban J connectivity index is 1.40. The summed E-state index contributed by atoms with van der Waals surface area (Å²) in [7, 11) is 0. The van der Waals surface area contributed by atoms with Crippen LogP contribution < -0.4 is 10.6 Å². The zero-order valence-electron chi connectivity index (χ0n) is 12.9. The van der Waals surface area contributed by atoms with Gasteiger partial charge in [-0.2, -0.15) is 0 Å². The second-order valence-electron chi connectivity index (χ2n) is 5.67. The van der Waals surface area contributed by atoms with Crippen LogP contribution >= 0.6 is 0 Å². The Morgan fingerprint density at radius 3 is 2.91 bits per heavy atom. The average molecular weight is 297 g/mol. The molecule has 22 heavy (non-hydrogen) atoms. The van der Waals surface area contributed by atoms with E-state index < -0.39 is 0 Å². The van der Waals surface area contributed by atoms with Crippen LogP contribution in [-0.4, -0.2) is 24.1 Å². The summed E-state index contributed by atoms with van der Waals surface area (Å²) in [6.07, 6.45) is 4.86. The molecule has 3 N–H and O–H groups in total. The SMILES string of the molecule is CC(Cc1c[nH]c2ccccc12)NCCNCc1ccco1.